The van der Waals surface area contributed by atoms with Crippen molar-refractivity contribution >= 4 is 34.2 Å². The van der Waals surface area contributed by atoms with Gasteiger partial charge in [-0.3, -0.25) is 9.59 Å². The number of halogens is 1. The standard InChI is InChI=1S/C26H28FN3O3/c27-20-11-5-6-12-21(20)29-14-16-30(17-15-29)26(32)24-23(19-10-4-7-13-22(19)33-24)28-25(31)18-8-2-1-3-9-18/h4-7,10-13,18H,1-3,8-9,14-17H2,(H,28,31). The Kier molecular flexibility index (Phi) is 6.03. The van der Waals surface area contributed by atoms with Gasteiger partial charge in [0.15, 0.2) is 0 Å². The Labute approximate surface area is 192 Å². The molecule has 172 valence electrons. The number of furan rings is 1. The fourth-order valence-corrected chi connectivity index (χ4v) is 4.91. The van der Waals surface area contributed by atoms with E-state index in [1.54, 1.807) is 23.1 Å². The number of hydrogen-bond acceptors (Lipinski definition) is 4. The maximum atomic E-state index is 14.2. The van der Waals surface area contributed by atoms with Gasteiger partial charge in [0.05, 0.1) is 5.69 Å². The summed E-state index contributed by atoms with van der Waals surface area (Å²) in [6, 6.07) is 14.1. The Balaban J connectivity index is 1.36. The van der Waals surface area contributed by atoms with Crippen LogP contribution < -0.4 is 10.2 Å². The van der Waals surface area contributed by atoms with Crippen molar-refractivity contribution < 1.29 is 18.4 Å². The molecule has 1 saturated heterocycles. The molecule has 2 amide bonds. The van der Waals surface area contributed by atoms with Gasteiger partial charge >= 0.3 is 0 Å². The third-order valence-electron chi connectivity index (χ3n) is 6.77. The second-order valence-corrected chi connectivity index (χ2v) is 8.86. The Morgan fingerprint density at radius 2 is 1.61 bits per heavy atom. The quantitative estimate of drug-likeness (QED) is 0.605. The first-order chi connectivity index (χ1) is 16.1. The average Bonchev–Trinajstić information content (AvgIpc) is 3.23. The number of carbonyl (C=O) groups is 2. The summed E-state index contributed by atoms with van der Waals surface area (Å²) in [5.41, 5.74) is 1.58. The maximum absolute atomic E-state index is 14.2. The summed E-state index contributed by atoms with van der Waals surface area (Å²) >= 11 is 0. The van der Waals surface area contributed by atoms with Crippen LogP contribution in [0.15, 0.2) is 52.9 Å². The summed E-state index contributed by atoms with van der Waals surface area (Å²) in [6.07, 6.45) is 5.04. The molecule has 0 spiro atoms. The number of piperazine rings is 1. The smallest absolute Gasteiger partial charge is 0.291 e. The van der Waals surface area contributed by atoms with Crippen LogP contribution in [0, 0.1) is 11.7 Å². The third kappa shape index (κ3) is 4.32. The zero-order chi connectivity index (χ0) is 22.8. The molecule has 0 atom stereocenters. The van der Waals surface area contributed by atoms with Gasteiger partial charge < -0.3 is 19.5 Å². The van der Waals surface area contributed by atoms with Gasteiger partial charge in [-0.15, -0.1) is 0 Å². The number of amides is 2. The summed E-state index contributed by atoms with van der Waals surface area (Å²) in [4.78, 5) is 30.1. The van der Waals surface area contributed by atoms with Crippen LogP contribution in [-0.2, 0) is 4.79 Å². The zero-order valence-electron chi connectivity index (χ0n) is 18.6. The number of rotatable bonds is 4. The highest BCUT2D eigenvalue weighted by Crippen LogP contribution is 2.34. The summed E-state index contributed by atoms with van der Waals surface area (Å²) in [5.74, 6) is -0.417. The Bertz CT molecular complexity index is 1160. The molecule has 3 aromatic rings. The van der Waals surface area contributed by atoms with Gasteiger partial charge in [0.1, 0.15) is 17.1 Å². The molecule has 5 rings (SSSR count). The van der Waals surface area contributed by atoms with Crippen LogP contribution in [0.5, 0.6) is 0 Å². The predicted octanol–water partition coefficient (Wildman–Crippen LogP) is 5.05. The summed E-state index contributed by atoms with van der Waals surface area (Å²) in [5, 5.41) is 3.76. The SMILES string of the molecule is O=C(Nc1c(C(=O)N2CCN(c3ccccc3F)CC2)oc2ccccc12)C1CCCCC1. The highest BCUT2D eigenvalue weighted by atomic mass is 19.1. The second-order valence-electron chi connectivity index (χ2n) is 8.86. The molecule has 2 heterocycles. The van der Waals surface area contributed by atoms with Crippen molar-refractivity contribution in [3.8, 4) is 0 Å². The molecule has 1 N–H and O–H groups in total. The third-order valence-corrected chi connectivity index (χ3v) is 6.77. The largest absolute Gasteiger partial charge is 0.449 e. The van der Waals surface area contributed by atoms with E-state index in [0.29, 0.717) is 43.1 Å². The number of nitrogens with one attached hydrogen (secondary N) is 1. The number of fused-ring (bicyclic) bond motifs is 1. The van der Waals surface area contributed by atoms with Gasteiger partial charge in [0.25, 0.3) is 5.91 Å². The van der Waals surface area contributed by atoms with Gasteiger partial charge in [-0.1, -0.05) is 43.5 Å². The number of anilines is 2. The molecule has 7 heteroatoms. The summed E-state index contributed by atoms with van der Waals surface area (Å²) < 4.78 is 20.1. The first-order valence-electron chi connectivity index (χ1n) is 11.7. The van der Waals surface area contributed by atoms with E-state index < -0.39 is 0 Å². The monoisotopic (exact) mass is 449 g/mol. The topological polar surface area (TPSA) is 65.8 Å². The van der Waals surface area contributed by atoms with Crippen molar-refractivity contribution in [1.29, 1.82) is 0 Å². The normalized spacial score (nSPS) is 17.4. The van der Waals surface area contributed by atoms with Crippen molar-refractivity contribution in [2.75, 3.05) is 36.4 Å². The summed E-state index contributed by atoms with van der Waals surface area (Å²) in [7, 11) is 0. The lowest BCUT2D eigenvalue weighted by molar-refractivity contribution is -0.120. The van der Waals surface area contributed by atoms with E-state index in [1.165, 1.54) is 12.5 Å². The van der Waals surface area contributed by atoms with Crippen LogP contribution in [0.2, 0.25) is 0 Å². The van der Waals surface area contributed by atoms with E-state index in [4.69, 9.17) is 4.42 Å². The molecule has 2 fully saturated rings. The van der Waals surface area contributed by atoms with Gasteiger partial charge in [-0.25, -0.2) is 4.39 Å². The first-order valence-corrected chi connectivity index (χ1v) is 11.7. The van der Waals surface area contributed by atoms with Crippen LogP contribution in [0.1, 0.15) is 42.7 Å². The van der Waals surface area contributed by atoms with Gasteiger partial charge in [0.2, 0.25) is 11.7 Å². The zero-order valence-corrected chi connectivity index (χ0v) is 18.6. The van der Waals surface area contributed by atoms with Crippen LogP contribution in [0.25, 0.3) is 11.0 Å². The molecule has 2 aromatic carbocycles. The van der Waals surface area contributed by atoms with E-state index in [-0.39, 0.29) is 29.3 Å². The molecule has 6 nitrogen and oxygen atoms in total. The lowest BCUT2D eigenvalue weighted by Crippen LogP contribution is -2.49. The Hall–Kier alpha value is -3.35. The van der Waals surface area contributed by atoms with E-state index in [1.807, 2.05) is 29.2 Å². The van der Waals surface area contributed by atoms with Gasteiger partial charge in [-0.2, -0.15) is 0 Å². The molecule has 0 radical (unpaired) electrons. The summed E-state index contributed by atoms with van der Waals surface area (Å²) in [6.45, 7) is 1.94. The van der Waals surface area contributed by atoms with Crippen molar-refractivity contribution in [3.05, 3.63) is 60.1 Å². The fourth-order valence-electron chi connectivity index (χ4n) is 4.91. The van der Waals surface area contributed by atoms with Crippen LogP contribution in [0.3, 0.4) is 0 Å². The molecule has 0 unspecified atom stereocenters. The molecule has 1 aliphatic carbocycles. The molecular weight excluding hydrogens is 421 g/mol. The lowest BCUT2D eigenvalue weighted by Gasteiger charge is -2.36. The van der Waals surface area contributed by atoms with Crippen LogP contribution in [0.4, 0.5) is 15.8 Å². The van der Waals surface area contributed by atoms with Gasteiger partial charge in [0, 0.05) is 37.5 Å². The minimum Gasteiger partial charge on any atom is -0.449 e. The van der Waals surface area contributed by atoms with Crippen LogP contribution >= 0.6 is 0 Å². The lowest BCUT2D eigenvalue weighted by atomic mass is 9.88. The van der Waals surface area contributed by atoms with E-state index in [0.717, 1.165) is 31.1 Å². The molecule has 1 saturated carbocycles. The van der Waals surface area contributed by atoms with E-state index >= 15 is 0 Å². The molecular formula is C26H28FN3O3. The van der Waals surface area contributed by atoms with Crippen molar-refractivity contribution in [2.24, 2.45) is 5.92 Å². The molecule has 0 bridgehead atoms. The minimum atomic E-state index is -0.262. The minimum absolute atomic E-state index is 0.0281. The van der Waals surface area contributed by atoms with Crippen molar-refractivity contribution in [2.45, 2.75) is 32.1 Å². The fraction of sp³-hybridized carbons (Fsp3) is 0.385. The average molecular weight is 450 g/mol. The second kappa shape index (κ2) is 9.25. The van der Waals surface area contributed by atoms with E-state index in [9.17, 15) is 14.0 Å². The molecule has 33 heavy (non-hydrogen) atoms. The highest BCUT2D eigenvalue weighted by molar-refractivity contribution is 6.11. The maximum Gasteiger partial charge on any atom is 0.291 e. The number of carbonyl (C=O) groups excluding carboxylic acids is 2. The highest BCUT2D eigenvalue weighted by Gasteiger charge is 2.31. The van der Waals surface area contributed by atoms with E-state index in [2.05, 4.69) is 5.32 Å². The predicted molar refractivity (Wildman–Crippen MR) is 126 cm³/mol. The van der Waals surface area contributed by atoms with Crippen molar-refractivity contribution in [3.63, 3.8) is 0 Å². The number of para-hydroxylation sites is 2. The molecule has 1 aromatic heterocycles. The number of benzene rings is 2. The number of hydrogen-bond donors (Lipinski definition) is 1. The Morgan fingerprint density at radius 1 is 0.909 bits per heavy atom. The first kappa shape index (κ1) is 21.5. The van der Waals surface area contributed by atoms with Crippen LogP contribution in [-0.4, -0.2) is 42.9 Å². The Morgan fingerprint density at radius 3 is 2.36 bits per heavy atom. The molecule has 1 aliphatic heterocycles. The number of nitrogens with zero attached hydrogens (tertiary/aromatic N) is 2. The molecule has 2 aliphatic rings. The van der Waals surface area contributed by atoms with Gasteiger partial charge in [-0.05, 0) is 37.1 Å². The van der Waals surface area contributed by atoms with Crippen molar-refractivity contribution in [1.82, 2.24) is 4.90 Å².